The van der Waals surface area contributed by atoms with Crippen LogP contribution in [0.3, 0.4) is 0 Å². The van der Waals surface area contributed by atoms with Gasteiger partial charge in [-0.15, -0.1) is 0 Å². The van der Waals surface area contributed by atoms with Gasteiger partial charge in [-0.2, -0.15) is 0 Å². The van der Waals surface area contributed by atoms with Crippen molar-refractivity contribution in [1.82, 2.24) is 0 Å². The van der Waals surface area contributed by atoms with E-state index in [4.69, 9.17) is 17.3 Å². The summed E-state index contributed by atoms with van der Waals surface area (Å²) in [6.45, 7) is 0. The van der Waals surface area contributed by atoms with Crippen LogP contribution in [-0.2, 0) is 10.0 Å². The Morgan fingerprint density at radius 1 is 1.11 bits per heavy atom. The van der Waals surface area contributed by atoms with Gasteiger partial charge in [0, 0.05) is 5.69 Å². The van der Waals surface area contributed by atoms with Crippen molar-refractivity contribution in [2.45, 2.75) is 4.90 Å². The monoisotopic (exact) mass is 360 g/mol. The molecular formula is C12H10BrClN2O2S. The van der Waals surface area contributed by atoms with Gasteiger partial charge in [0.2, 0.25) is 0 Å². The van der Waals surface area contributed by atoms with E-state index >= 15 is 0 Å². The van der Waals surface area contributed by atoms with Crippen molar-refractivity contribution in [3.05, 3.63) is 52.0 Å². The van der Waals surface area contributed by atoms with E-state index in [0.717, 1.165) is 0 Å². The van der Waals surface area contributed by atoms with Crippen LogP contribution in [0.15, 0.2) is 51.8 Å². The van der Waals surface area contributed by atoms with E-state index in [1.165, 1.54) is 24.3 Å². The number of halogens is 2. The van der Waals surface area contributed by atoms with Gasteiger partial charge < -0.3 is 5.73 Å². The lowest BCUT2D eigenvalue weighted by atomic mass is 10.3. The number of nitrogens with two attached hydrogens (primary N) is 1. The highest BCUT2D eigenvalue weighted by Crippen LogP contribution is 2.31. The lowest BCUT2D eigenvalue weighted by Crippen LogP contribution is -2.13. The quantitative estimate of drug-likeness (QED) is 0.822. The van der Waals surface area contributed by atoms with E-state index < -0.39 is 10.0 Å². The number of nitrogens with one attached hydrogen (secondary N) is 1. The van der Waals surface area contributed by atoms with Crippen LogP contribution >= 0.6 is 27.5 Å². The first kappa shape index (κ1) is 14.2. The van der Waals surface area contributed by atoms with E-state index in [0.29, 0.717) is 20.9 Å². The van der Waals surface area contributed by atoms with Crippen molar-refractivity contribution in [3.8, 4) is 0 Å². The van der Waals surface area contributed by atoms with Gasteiger partial charge in [0.25, 0.3) is 10.0 Å². The minimum Gasteiger partial charge on any atom is -0.399 e. The number of hydrogen-bond donors (Lipinski definition) is 2. The molecule has 100 valence electrons. The molecule has 0 saturated heterocycles. The zero-order chi connectivity index (χ0) is 14.0. The summed E-state index contributed by atoms with van der Waals surface area (Å²) in [6, 6.07) is 10.9. The van der Waals surface area contributed by atoms with Gasteiger partial charge in [-0.1, -0.05) is 17.7 Å². The molecule has 7 heteroatoms. The predicted molar refractivity (Wildman–Crippen MR) is 80.8 cm³/mol. The summed E-state index contributed by atoms with van der Waals surface area (Å²) in [5.74, 6) is 0. The highest BCUT2D eigenvalue weighted by molar-refractivity contribution is 9.10. The molecule has 0 saturated carbocycles. The molecule has 0 fully saturated rings. The maximum absolute atomic E-state index is 12.2. The second-order valence-corrected chi connectivity index (χ2v) is 6.66. The lowest BCUT2D eigenvalue weighted by Gasteiger charge is -2.10. The molecule has 19 heavy (non-hydrogen) atoms. The number of nitrogen functional groups attached to an aromatic ring is 1. The maximum atomic E-state index is 12.2. The molecule has 0 bridgehead atoms. The standard InChI is InChI=1S/C12H10BrClN2O2S/c13-12-10(14)2-1-3-11(12)16-19(17,18)9-6-4-8(15)5-7-9/h1-7,16H,15H2. The second kappa shape index (κ2) is 5.40. The zero-order valence-electron chi connectivity index (χ0n) is 9.60. The van der Waals surface area contributed by atoms with E-state index in [-0.39, 0.29) is 4.90 Å². The normalized spacial score (nSPS) is 11.3. The number of hydrogen-bond acceptors (Lipinski definition) is 3. The molecule has 2 rings (SSSR count). The van der Waals surface area contributed by atoms with Crippen molar-refractivity contribution in [2.75, 3.05) is 10.5 Å². The van der Waals surface area contributed by atoms with Crippen LogP contribution < -0.4 is 10.5 Å². The van der Waals surface area contributed by atoms with Crippen molar-refractivity contribution in [3.63, 3.8) is 0 Å². The second-order valence-electron chi connectivity index (χ2n) is 3.78. The maximum Gasteiger partial charge on any atom is 0.261 e. The molecule has 0 aliphatic heterocycles. The molecule has 0 spiro atoms. The highest BCUT2D eigenvalue weighted by atomic mass is 79.9. The first-order chi connectivity index (χ1) is 8.90. The molecule has 2 aromatic rings. The molecule has 0 atom stereocenters. The van der Waals surface area contributed by atoms with Crippen LogP contribution in [0.5, 0.6) is 0 Å². The van der Waals surface area contributed by atoms with Crippen LogP contribution in [0, 0.1) is 0 Å². The van der Waals surface area contributed by atoms with Crippen molar-refractivity contribution in [2.24, 2.45) is 0 Å². The Labute approximate surface area is 124 Å². The highest BCUT2D eigenvalue weighted by Gasteiger charge is 2.16. The summed E-state index contributed by atoms with van der Waals surface area (Å²) in [4.78, 5) is 0.133. The van der Waals surface area contributed by atoms with Gasteiger partial charge in [-0.05, 0) is 52.3 Å². The average Bonchev–Trinajstić information content (AvgIpc) is 2.35. The summed E-state index contributed by atoms with van der Waals surface area (Å²) in [6.07, 6.45) is 0. The van der Waals surface area contributed by atoms with Gasteiger partial charge in [0.1, 0.15) is 0 Å². The lowest BCUT2D eigenvalue weighted by molar-refractivity contribution is 0.601. The summed E-state index contributed by atoms with van der Waals surface area (Å²) < 4.78 is 27.3. The van der Waals surface area contributed by atoms with Crippen molar-refractivity contribution < 1.29 is 8.42 Å². The fourth-order valence-corrected chi connectivity index (χ4v) is 3.17. The summed E-state index contributed by atoms with van der Waals surface area (Å²) >= 11 is 9.15. The first-order valence-corrected chi connectivity index (χ1v) is 7.88. The van der Waals surface area contributed by atoms with Crippen LogP contribution in [0.4, 0.5) is 11.4 Å². The Morgan fingerprint density at radius 3 is 2.37 bits per heavy atom. The smallest absolute Gasteiger partial charge is 0.261 e. The fourth-order valence-electron chi connectivity index (χ4n) is 1.43. The van der Waals surface area contributed by atoms with Crippen molar-refractivity contribution in [1.29, 1.82) is 0 Å². The van der Waals surface area contributed by atoms with Crippen LogP contribution in [0.2, 0.25) is 5.02 Å². The van der Waals surface area contributed by atoms with Gasteiger partial charge in [-0.3, -0.25) is 4.72 Å². The minimum absolute atomic E-state index is 0.133. The molecule has 0 aliphatic carbocycles. The first-order valence-electron chi connectivity index (χ1n) is 5.22. The Hall–Kier alpha value is -1.24. The van der Waals surface area contributed by atoms with E-state index in [9.17, 15) is 8.42 Å². The van der Waals surface area contributed by atoms with E-state index in [1.807, 2.05) is 0 Å². The number of anilines is 2. The molecular weight excluding hydrogens is 352 g/mol. The van der Waals surface area contributed by atoms with Gasteiger partial charge in [0.05, 0.1) is 20.1 Å². The third-order valence-electron chi connectivity index (χ3n) is 2.39. The van der Waals surface area contributed by atoms with Crippen molar-refractivity contribution >= 4 is 48.9 Å². The third kappa shape index (κ3) is 3.20. The van der Waals surface area contributed by atoms with Crippen LogP contribution in [0.1, 0.15) is 0 Å². The largest absolute Gasteiger partial charge is 0.399 e. The molecule has 0 aliphatic rings. The topological polar surface area (TPSA) is 72.2 Å². The molecule has 4 nitrogen and oxygen atoms in total. The van der Waals surface area contributed by atoms with Crippen LogP contribution in [-0.4, -0.2) is 8.42 Å². The summed E-state index contributed by atoms with van der Waals surface area (Å²) in [7, 11) is -3.66. The Balaban J connectivity index is 2.36. The molecule has 0 aromatic heterocycles. The van der Waals surface area contributed by atoms with Gasteiger partial charge in [0.15, 0.2) is 0 Å². The zero-order valence-corrected chi connectivity index (χ0v) is 12.8. The number of rotatable bonds is 3. The third-order valence-corrected chi connectivity index (χ3v) is 5.17. The molecule has 0 heterocycles. The Bertz CT molecular complexity index is 702. The Morgan fingerprint density at radius 2 is 1.74 bits per heavy atom. The molecule has 3 N–H and O–H groups in total. The van der Waals surface area contributed by atoms with Crippen LogP contribution in [0.25, 0.3) is 0 Å². The predicted octanol–water partition coefficient (Wildman–Crippen LogP) is 3.49. The minimum atomic E-state index is -3.66. The van der Waals surface area contributed by atoms with Gasteiger partial charge >= 0.3 is 0 Å². The fraction of sp³-hybridized carbons (Fsp3) is 0. The van der Waals surface area contributed by atoms with Gasteiger partial charge in [-0.25, -0.2) is 8.42 Å². The number of sulfonamides is 1. The molecule has 0 unspecified atom stereocenters. The molecule has 0 amide bonds. The summed E-state index contributed by atoms with van der Waals surface area (Å²) in [5.41, 5.74) is 6.41. The van der Waals surface area contributed by atoms with E-state index in [2.05, 4.69) is 20.7 Å². The average molecular weight is 362 g/mol. The Kier molecular flexibility index (Phi) is 4.03. The summed E-state index contributed by atoms with van der Waals surface area (Å²) in [5, 5.41) is 0.428. The number of benzene rings is 2. The van der Waals surface area contributed by atoms with E-state index in [1.54, 1.807) is 18.2 Å². The SMILES string of the molecule is Nc1ccc(S(=O)(=O)Nc2cccc(Cl)c2Br)cc1. The molecule has 0 radical (unpaired) electrons. The molecule has 2 aromatic carbocycles.